The third kappa shape index (κ3) is 4.43. The number of nitrogens with zero attached hydrogens (tertiary/aromatic N) is 2. The van der Waals surface area contributed by atoms with Crippen LogP contribution in [0.3, 0.4) is 0 Å². The summed E-state index contributed by atoms with van der Waals surface area (Å²) in [6.07, 6.45) is 3.09. The fourth-order valence-corrected chi connectivity index (χ4v) is 3.03. The lowest BCUT2D eigenvalue weighted by Gasteiger charge is -2.22. The first-order valence-corrected chi connectivity index (χ1v) is 10.0. The van der Waals surface area contributed by atoms with Gasteiger partial charge in [-0.3, -0.25) is 14.3 Å². The van der Waals surface area contributed by atoms with Gasteiger partial charge in [0, 0.05) is 12.0 Å². The van der Waals surface area contributed by atoms with Crippen molar-refractivity contribution in [2.24, 2.45) is 0 Å². The minimum absolute atomic E-state index is 0.0691. The van der Waals surface area contributed by atoms with Gasteiger partial charge < -0.3 is 10.6 Å². The van der Waals surface area contributed by atoms with E-state index in [4.69, 9.17) is 5.10 Å². The quantitative estimate of drug-likeness (QED) is 0.782. The fraction of sp³-hybridized carbons (Fsp3) is 0.500. The number of benzene rings is 1. The molecule has 2 N–H and O–H groups in total. The number of rotatable bonds is 6. The third-order valence-corrected chi connectivity index (χ3v) is 5.00. The number of carbonyl (C=O) groups is 2. The highest BCUT2D eigenvalue weighted by molar-refractivity contribution is 6.08. The van der Waals surface area contributed by atoms with E-state index in [1.165, 1.54) is 0 Å². The second kappa shape index (κ2) is 7.78. The second-order valence-electron chi connectivity index (χ2n) is 8.59. The van der Waals surface area contributed by atoms with E-state index in [1.54, 1.807) is 22.9 Å². The molecule has 1 heterocycles. The topological polar surface area (TPSA) is 76.0 Å². The number of amides is 2. The molecule has 2 aromatic rings. The van der Waals surface area contributed by atoms with Crippen molar-refractivity contribution in [2.45, 2.75) is 71.4 Å². The first-order chi connectivity index (χ1) is 13.2. The van der Waals surface area contributed by atoms with Crippen LogP contribution in [0.2, 0.25) is 0 Å². The van der Waals surface area contributed by atoms with Crippen LogP contribution in [0.4, 0.5) is 5.69 Å². The Bertz CT molecular complexity index is 875. The largest absolute Gasteiger partial charge is 0.350 e. The SMILES string of the molecule is CC[C@H](C)NC(=O)c1ccccc1NC(=O)c1cc(C2CC2)nn1C(C)(C)C. The highest BCUT2D eigenvalue weighted by atomic mass is 16.2. The second-order valence-corrected chi connectivity index (χ2v) is 8.59. The first kappa shape index (κ1) is 20.1. The van der Waals surface area contributed by atoms with Crippen molar-refractivity contribution in [3.63, 3.8) is 0 Å². The summed E-state index contributed by atoms with van der Waals surface area (Å²) in [5, 5.41) is 10.6. The van der Waals surface area contributed by atoms with E-state index in [1.807, 2.05) is 46.8 Å². The zero-order valence-electron chi connectivity index (χ0n) is 17.4. The summed E-state index contributed by atoms with van der Waals surface area (Å²) in [5.41, 5.74) is 2.14. The molecule has 1 aromatic heterocycles. The van der Waals surface area contributed by atoms with Gasteiger partial charge in [0.15, 0.2) is 0 Å². The van der Waals surface area contributed by atoms with Gasteiger partial charge in [-0.1, -0.05) is 19.1 Å². The van der Waals surface area contributed by atoms with E-state index in [0.29, 0.717) is 22.9 Å². The van der Waals surface area contributed by atoms with Gasteiger partial charge in [0.05, 0.1) is 22.5 Å². The molecule has 0 radical (unpaired) electrons. The van der Waals surface area contributed by atoms with Crippen molar-refractivity contribution in [3.8, 4) is 0 Å². The maximum absolute atomic E-state index is 13.1. The van der Waals surface area contributed by atoms with E-state index in [2.05, 4.69) is 10.6 Å². The number of carbonyl (C=O) groups excluding carboxylic acids is 2. The fourth-order valence-electron chi connectivity index (χ4n) is 3.03. The zero-order valence-corrected chi connectivity index (χ0v) is 17.4. The van der Waals surface area contributed by atoms with E-state index in [0.717, 1.165) is 25.0 Å². The number of aromatic nitrogens is 2. The summed E-state index contributed by atoms with van der Waals surface area (Å²) in [6.45, 7) is 10.1. The predicted molar refractivity (Wildman–Crippen MR) is 111 cm³/mol. The van der Waals surface area contributed by atoms with Gasteiger partial charge in [0.25, 0.3) is 11.8 Å². The molecule has 6 nitrogen and oxygen atoms in total. The molecular weight excluding hydrogens is 352 g/mol. The standard InChI is InChI=1S/C22H30N4O2/c1-6-14(2)23-20(27)16-9-7-8-10-17(16)24-21(28)19-13-18(15-11-12-15)25-26(19)22(3,4)5/h7-10,13-15H,6,11-12H2,1-5H3,(H,23,27)(H,24,28)/t14-/m0/s1. The molecule has 1 atom stereocenters. The summed E-state index contributed by atoms with van der Waals surface area (Å²) in [6, 6.07) is 9.05. The molecule has 150 valence electrons. The molecule has 0 bridgehead atoms. The van der Waals surface area contributed by atoms with Crippen molar-refractivity contribution in [1.29, 1.82) is 0 Å². The van der Waals surface area contributed by atoms with Crippen molar-refractivity contribution in [3.05, 3.63) is 47.3 Å². The van der Waals surface area contributed by atoms with Gasteiger partial charge in [-0.15, -0.1) is 0 Å². The summed E-state index contributed by atoms with van der Waals surface area (Å²) in [7, 11) is 0. The summed E-state index contributed by atoms with van der Waals surface area (Å²) in [4.78, 5) is 25.7. The predicted octanol–water partition coefficient (Wildman–Crippen LogP) is 4.30. The normalized spacial score (nSPS) is 15.2. The van der Waals surface area contributed by atoms with E-state index >= 15 is 0 Å². The lowest BCUT2D eigenvalue weighted by atomic mass is 10.1. The average molecular weight is 383 g/mol. The molecule has 1 aliphatic rings. The first-order valence-electron chi connectivity index (χ1n) is 10.0. The average Bonchev–Trinajstić information content (AvgIpc) is 3.38. The molecule has 1 aromatic carbocycles. The number of anilines is 1. The Morgan fingerprint density at radius 2 is 1.89 bits per heavy atom. The molecule has 0 saturated heterocycles. The van der Waals surface area contributed by atoms with Crippen molar-refractivity contribution in [1.82, 2.24) is 15.1 Å². The number of nitrogens with one attached hydrogen (secondary N) is 2. The molecule has 0 spiro atoms. The van der Waals surface area contributed by atoms with Gasteiger partial charge in [-0.05, 0) is 65.2 Å². The monoisotopic (exact) mass is 382 g/mol. The smallest absolute Gasteiger partial charge is 0.273 e. The Labute approximate surface area is 166 Å². The van der Waals surface area contributed by atoms with Crippen molar-refractivity contribution in [2.75, 3.05) is 5.32 Å². The Kier molecular flexibility index (Phi) is 5.59. The highest BCUT2D eigenvalue weighted by Crippen LogP contribution is 2.40. The minimum Gasteiger partial charge on any atom is -0.350 e. The molecule has 1 saturated carbocycles. The summed E-state index contributed by atoms with van der Waals surface area (Å²) in [5.74, 6) is 0.0232. The molecule has 1 fully saturated rings. The molecule has 2 amide bonds. The molecular formula is C22H30N4O2. The maximum atomic E-state index is 13.1. The van der Waals surface area contributed by atoms with Crippen LogP contribution in [0.15, 0.2) is 30.3 Å². The van der Waals surface area contributed by atoms with Gasteiger partial charge in [0.1, 0.15) is 5.69 Å². The Hall–Kier alpha value is -2.63. The van der Waals surface area contributed by atoms with Crippen molar-refractivity contribution >= 4 is 17.5 Å². The summed E-state index contributed by atoms with van der Waals surface area (Å²) < 4.78 is 1.79. The Morgan fingerprint density at radius 3 is 2.50 bits per heavy atom. The minimum atomic E-state index is -0.312. The van der Waals surface area contributed by atoms with Crippen LogP contribution in [0.5, 0.6) is 0 Å². The van der Waals surface area contributed by atoms with Gasteiger partial charge >= 0.3 is 0 Å². The Morgan fingerprint density at radius 1 is 1.21 bits per heavy atom. The van der Waals surface area contributed by atoms with Crippen LogP contribution in [0.25, 0.3) is 0 Å². The molecule has 0 unspecified atom stereocenters. The van der Waals surface area contributed by atoms with Crippen molar-refractivity contribution < 1.29 is 9.59 Å². The van der Waals surface area contributed by atoms with E-state index < -0.39 is 0 Å². The van der Waals surface area contributed by atoms with Crippen LogP contribution in [-0.4, -0.2) is 27.6 Å². The molecule has 3 rings (SSSR count). The van der Waals surface area contributed by atoms with Crippen LogP contribution in [0.1, 0.15) is 86.3 Å². The zero-order chi connectivity index (χ0) is 20.5. The summed E-state index contributed by atoms with van der Waals surface area (Å²) >= 11 is 0. The lowest BCUT2D eigenvalue weighted by molar-refractivity contribution is 0.0940. The number of hydrogen-bond donors (Lipinski definition) is 2. The van der Waals surface area contributed by atoms with Crippen LogP contribution < -0.4 is 10.6 Å². The molecule has 6 heteroatoms. The van der Waals surface area contributed by atoms with E-state index in [9.17, 15) is 9.59 Å². The van der Waals surface area contributed by atoms with Crippen LogP contribution in [-0.2, 0) is 5.54 Å². The molecule has 0 aliphatic heterocycles. The molecule has 28 heavy (non-hydrogen) atoms. The number of para-hydroxylation sites is 1. The number of hydrogen-bond acceptors (Lipinski definition) is 3. The Balaban J connectivity index is 1.87. The van der Waals surface area contributed by atoms with Gasteiger partial charge in [-0.2, -0.15) is 5.10 Å². The van der Waals surface area contributed by atoms with Gasteiger partial charge in [0.2, 0.25) is 0 Å². The highest BCUT2D eigenvalue weighted by Gasteiger charge is 2.31. The van der Waals surface area contributed by atoms with E-state index in [-0.39, 0.29) is 23.4 Å². The maximum Gasteiger partial charge on any atom is 0.273 e. The van der Waals surface area contributed by atoms with Gasteiger partial charge in [-0.25, -0.2) is 0 Å². The lowest BCUT2D eigenvalue weighted by Crippen LogP contribution is -2.33. The molecule has 1 aliphatic carbocycles. The van der Waals surface area contributed by atoms with Crippen LogP contribution in [0, 0.1) is 0 Å². The van der Waals surface area contributed by atoms with Crippen LogP contribution >= 0.6 is 0 Å². The third-order valence-electron chi connectivity index (χ3n) is 5.00.